The topological polar surface area (TPSA) is 63.7 Å². The summed E-state index contributed by atoms with van der Waals surface area (Å²) in [5.74, 6) is 1.86. The molecular formula is C27H27N3O3. The second-order valence-corrected chi connectivity index (χ2v) is 8.30. The second kappa shape index (κ2) is 9.46. The largest absolute Gasteiger partial charge is 0.501 e. The van der Waals surface area contributed by atoms with E-state index < -0.39 is 0 Å². The normalized spacial score (nSPS) is 17.7. The van der Waals surface area contributed by atoms with E-state index >= 15 is 0 Å². The van der Waals surface area contributed by atoms with Crippen molar-refractivity contribution in [1.29, 1.82) is 0 Å². The van der Waals surface area contributed by atoms with Gasteiger partial charge < -0.3 is 19.7 Å². The number of rotatable bonds is 4. The maximum absolute atomic E-state index is 12.9. The molecule has 0 spiro atoms. The molecule has 2 aliphatic heterocycles. The lowest BCUT2D eigenvalue weighted by Crippen LogP contribution is -2.40. The van der Waals surface area contributed by atoms with Crippen molar-refractivity contribution >= 4 is 11.7 Å². The lowest BCUT2D eigenvalue weighted by Gasteiger charge is -2.27. The van der Waals surface area contributed by atoms with Crippen LogP contribution in [0, 0.1) is 0 Å². The molecule has 0 bridgehead atoms. The maximum atomic E-state index is 12.9. The Morgan fingerprint density at radius 2 is 1.91 bits per heavy atom. The SMILES string of the molecule is COC1=CC=CC=C(C2=CNc3ncc(-c4cccc(C(=O)N5CCOCC5)c4)cc3C2)C1. The predicted octanol–water partition coefficient (Wildman–Crippen LogP) is 4.49. The highest BCUT2D eigenvalue weighted by molar-refractivity contribution is 5.95. The minimum atomic E-state index is 0.0494. The molecule has 0 unspecified atom stereocenters. The molecule has 0 radical (unpaired) electrons. The van der Waals surface area contributed by atoms with E-state index in [1.165, 1.54) is 11.1 Å². The van der Waals surface area contributed by atoms with Crippen molar-refractivity contribution in [2.45, 2.75) is 12.8 Å². The molecular weight excluding hydrogens is 414 g/mol. The number of amides is 1. The van der Waals surface area contributed by atoms with Gasteiger partial charge in [-0.1, -0.05) is 30.4 Å². The number of morpholine rings is 1. The highest BCUT2D eigenvalue weighted by Crippen LogP contribution is 2.32. The molecule has 168 valence electrons. The number of carbonyl (C=O) groups excluding carboxylic acids is 1. The van der Waals surface area contributed by atoms with Crippen molar-refractivity contribution in [3.8, 4) is 11.1 Å². The predicted molar refractivity (Wildman–Crippen MR) is 129 cm³/mol. The summed E-state index contributed by atoms with van der Waals surface area (Å²) in [4.78, 5) is 19.4. The fraction of sp³-hybridized carbons (Fsp3) is 0.259. The van der Waals surface area contributed by atoms with Crippen molar-refractivity contribution < 1.29 is 14.3 Å². The first-order valence-electron chi connectivity index (χ1n) is 11.2. The van der Waals surface area contributed by atoms with Crippen LogP contribution >= 0.6 is 0 Å². The number of nitrogens with one attached hydrogen (secondary N) is 1. The molecule has 6 nitrogen and oxygen atoms in total. The fourth-order valence-electron chi connectivity index (χ4n) is 4.33. The molecule has 3 aliphatic rings. The molecule has 2 aromatic rings. The summed E-state index contributed by atoms with van der Waals surface area (Å²) in [6.07, 6.45) is 13.6. The standard InChI is InChI=1S/C27H27N3O3/c1-32-25-8-3-2-5-20(16-25)24-15-22-14-23(17-28-26(22)29-18-24)19-6-4-7-21(13-19)27(31)30-9-11-33-12-10-30/h2-8,13-14,17-18H,9-12,15-16H2,1H3,(H,28,29). The van der Waals surface area contributed by atoms with Crippen LogP contribution < -0.4 is 5.32 Å². The Morgan fingerprint density at radius 1 is 1.06 bits per heavy atom. The Balaban J connectivity index is 1.37. The van der Waals surface area contributed by atoms with E-state index in [4.69, 9.17) is 9.47 Å². The molecule has 1 saturated heterocycles. The van der Waals surface area contributed by atoms with E-state index in [0.717, 1.165) is 41.1 Å². The number of pyridine rings is 1. The Morgan fingerprint density at radius 3 is 2.76 bits per heavy atom. The number of fused-ring (bicyclic) bond motifs is 1. The van der Waals surface area contributed by atoms with Crippen LogP contribution in [0.3, 0.4) is 0 Å². The zero-order chi connectivity index (χ0) is 22.6. The van der Waals surface area contributed by atoms with Gasteiger partial charge in [0.25, 0.3) is 5.91 Å². The molecule has 1 aromatic carbocycles. The monoisotopic (exact) mass is 441 g/mol. The smallest absolute Gasteiger partial charge is 0.254 e. The summed E-state index contributed by atoms with van der Waals surface area (Å²) < 4.78 is 10.9. The molecule has 33 heavy (non-hydrogen) atoms. The third-order valence-electron chi connectivity index (χ3n) is 6.20. The fourth-order valence-corrected chi connectivity index (χ4v) is 4.33. The summed E-state index contributed by atoms with van der Waals surface area (Å²) >= 11 is 0. The molecule has 6 heteroatoms. The molecule has 5 rings (SSSR count). The second-order valence-electron chi connectivity index (χ2n) is 8.30. The van der Waals surface area contributed by atoms with Gasteiger partial charge in [-0.15, -0.1) is 0 Å². The number of carbonyl (C=O) groups is 1. The van der Waals surface area contributed by atoms with E-state index in [0.29, 0.717) is 31.9 Å². The zero-order valence-corrected chi connectivity index (χ0v) is 18.7. The first-order chi connectivity index (χ1) is 16.2. The van der Waals surface area contributed by atoms with Gasteiger partial charge in [-0.25, -0.2) is 4.98 Å². The number of benzene rings is 1. The van der Waals surface area contributed by atoms with Gasteiger partial charge in [-0.2, -0.15) is 0 Å². The zero-order valence-electron chi connectivity index (χ0n) is 18.7. The average molecular weight is 442 g/mol. The molecule has 0 saturated carbocycles. The molecule has 1 aromatic heterocycles. The van der Waals surface area contributed by atoms with E-state index in [9.17, 15) is 4.79 Å². The van der Waals surface area contributed by atoms with Gasteiger partial charge in [0.15, 0.2) is 0 Å². The van der Waals surface area contributed by atoms with Crippen molar-refractivity contribution in [2.75, 3.05) is 38.7 Å². The quantitative estimate of drug-likeness (QED) is 0.758. The van der Waals surface area contributed by atoms with Crippen molar-refractivity contribution in [1.82, 2.24) is 9.88 Å². The van der Waals surface area contributed by atoms with Gasteiger partial charge in [0.05, 0.1) is 26.1 Å². The van der Waals surface area contributed by atoms with Gasteiger partial charge in [0.2, 0.25) is 0 Å². The lowest BCUT2D eigenvalue weighted by atomic mass is 9.93. The first-order valence-corrected chi connectivity index (χ1v) is 11.2. The highest BCUT2D eigenvalue weighted by atomic mass is 16.5. The number of anilines is 1. The summed E-state index contributed by atoms with van der Waals surface area (Å²) in [7, 11) is 1.71. The van der Waals surface area contributed by atoms with Gasteiger partial charge >= 0.3 is 0 Å². The lowest BCUT2D eigenvalue weighted by molar-refractivity contribution is 0.0303. The van der Waals surface area contributed by atoms with Crippen LogP contribution in [0.25, 0.3) is 11.1 Å². The van der Waals surface area contributed by atoms with Crippen LogP contribution in [0.5, 0.6) is 0 Å². The molecule has 1 fully saturated rings. The Labute approximate surface area is 193 Å². The number of hydrogen-bond donors (Lipinski definition) is 1. The Kier molecular flexibility index (Phi) is 6.09. The summed E-state index contributed by atoms with van der Waals surface area (Å²) in [6.45, 7) is 2.46. The van der Waals surface area contributed by atoms with Crippen molar-refractivity contribution in [2.24, 2.45) is 0 Å². The van der Waals surface area contributed by atoms with E-state index in [-0.39, 0.29) is 5.91 Å². The third kappa shape index (κ3) is 4.61. The van der Waals surface area contributed by atoms with Crippen LogP contribution in [0.1, 0.15) is 22.3 Å². The van der Waals surface area contributed by atoms with Gasteiger partial charge in [0.1, 0.15) is 5.82 Å². The number of methoxy groups -OCH3 is 1. The number of allylic oxidation sites excluding steroid dienone is 6. The van der Waals surface area contributed by atoms with E-state index in [1.54, 1.807) is 7.11 Å². The minimum Gasteiger partial charge on any atom is -0.501 e. The Hall–Kier alpha value is -3.64. The van der Waals surface area contributed by atoms with Crippen LogP contribution in [0.4, 0.5) is 5.82 Å². The molecule has 1 amide bonds. The van der Waals surface area contributed by atoms with Crippen LogP contribution in [-0.4, -0.2) is 49.2 Å². The average Bonchev–Trinajstić information content (AvgIpc) is 3.14. The molecule has 3 heterocycles. The molecule has 0 atom stereocenters. The number of aromatic nitrogens is 1. The Bertz CT molecular complexity index is 1190. The van der Waals surface area contributed by atoms with Gasteiger partial charge in [-0.05, 0) is 46.5 Å². The molecule has 1 N–H and O–H groups in total. The van der Waals surface area contributed by atoms with Crippen molar-refractivity contribution in [3.05, 3.63) is 95.1 Å². The summed E-state index contributed by atoms with van der Waals surface area (Å²) in [6, 6.07) is 9.97. The van der Waals surface area contributed by atoms with Crippen LogP contribution in [-0.2, 0) is 15.9 Å². The first kappa shape index (κ1) is 21.2. The summed E-state index contributed by atoms with van der Waals surface area (Å²) in [5, 5.41) is 3.34. The number of ether oxygens (including phenoxy) is 2. The number of nitrogens with zero attached hydrogens (tertiary/aromatic N) is 2. The minimum absolute atomic E-state index is 0.0494. The van der Waals surface area contributed by atoms with Gasteiger partial charge in [0, 0.05) is 49.5 Å². The van der Waals surface area contributed by atoms with E-state index in [1.807, 2.05) is 59.8 Å². The van der Waals surface area contributed by atoms with Crippen molar-refractivity contribution in [3.63, 3.8) is 0 Å². The third-order valence-corrected chi connectivity index (χ3v) is 6.20. The van der Waals surface area contributed by atoms with Gasteiger partial charge in [-0.3, -0.25) is 4.79 Å². The highest BCUT2D eigenvalue weighted by Gasteiger charge is 2.20. The summed E-state index contributed by atoms with van der Waals surface area (Å²) in [5.41, 5.74) is 6.25. The number of hydrogen-bond acceptors (Lipinski definition) is 5. The maximum Gasteiger partial charge on any atom is 0.254 e. The molecule has 1 aliphatic carbocycles. The van der Waals surface area contributed by atoms with E-state index in [2.05, 4.69) is 22.4 Å². The van der Waals surface area contributed by atoms with Crippen LogP contribution in [0.2, 0.25) is 0 Å². The van der Waals surface area contributed by atoms with Crippen LogP contribution in [0.15, 0.2) is 83.9 Å².